The number of unbranched alkanes of at least 4 members (excludes halogenated alkanes) is 1. The Labute approximate surface area is 116 Å². The van der Waals surface area contributed by atoms with Gasteiger partial charge in [0, 0.05) is 32.6 Å². The number of likely N-dealkylation sites (tertiary alicyclic amines) is 2. The Morgan fingerprint density at radius 1 is 1.21 bits per heavy atom. The van der Waals surface area contributed by atoms with Gasteiger partial charge in [-0.2, -0.15) is 0 Å². The van der Waals surface area contributed by atoms with Crippen LogP contribution in [0.5, 0.6) is 0 Å². The van der Waals surface area contributed by atoms with Crippen molar-refractivity contribution in [3.8, 4) is 0 Å². The van der Waals surface area contributed by atoms with Crippen molar-refractivity contribution in [2.45, 2.75) is 51.9 Å². The SMILES string of the molecule is CCCCN1CC(C(=O)N2CCCCCC2)CC1=O. The summed E-state index contributed by atoms with van der Waals surface area (Å²) in [6.07, 6.45) is 7.26. The number of amides is 2. The predicted octanol–water partition coefficient (Wildman–Crippen LogP) is 2.04. The second-order valence-corrected chi connectivity index (χ2v) is 5.83. The van der Waals surface area contributed by atoms with Crippen molar-refractivity contribution in [2.75, 3.05) is 26.2 Å². The molecule has 1 unspecified atom stereocenters. The van der Waals surface area contributed by atoms with E-state index in [0.29, 0.717) is 13.0 Å². The third-order valence-corrected chi connectivity index (χ3v) is 4.26. The first kappa shape index (κ1) is 14.4. The maximum Gasteiger partial charge on any atom is 0.227 e. The fraction of sp³-hybridized carbons (Fsp3) is 0.867. The molecule has 4 nitrogen and oxygen atoms in total. The maximum absolute atomic E-state index is 12.5. The van der Waals surface area contributed by atoms with Gasteiger partial charge in [0.1, 0.15) is 0 Å². The third-order valence-electron chi connectivity index (χ3n) is 4.26. The van der Waals surface area contributed by atoms with Crippen LogP contribution in [0.3, 0.4) is 0 Å². The van der Waals surface area contributed by atoms with Gasteiger partial charge in [-0.1, -0.05) is 26.2 Å². The molecule has 0 spiro atoms. The van der Waals surface area contributed by atoms with Gasteiger partial charge in [0.25, 0.3) is 0 Å². The fourth-order valence-electron chi connectivity index (χ4n) is 3.05. The summed E-state index contributed by atoms with van der Waals surface area (Å²) >= 11 is 0. The number of carbonyl (C=O) groups excluding carboxylic acids is 2. The lowest BCUT2D eigenvalue weighted by atomic mass is 10.1. The topological polar surface area (TPSA) is 40.6 Å². The molecular weight excluding hydrogens is 240 g/mol. The zero-order valence-electron chi connectivity index (χ0n) is 12.1. The zero-order valence-corrected chi connectivity index (χ0v) is 12.1. The van der Waals surface area contributed by atoms with Crippen LogP contribution in [0.15, 0.2) is 0 Å². The van der Waals surface area contributed by atoms with Gasteiger partial charge in [-0.15, -0.1) is 0 Å². The highest BCUT2D eigenvalue weighted by molar-refractivity contribution is 5.89. The Morgan fingerprint density at radius 2 is 1.89 bits per heavy atom. The van der Waals surface area contributed by atoms with Crippen LogP contribution in [0, 0.1) is 5.92 Å². The average molecular weight is 266 g/mol. The fourth-order valence-corrected chi connectivity index (χ4v) is 3.05. The van der Waals surface area contributed by atoms with Gasteiger partial charge in [-0.3, -0.25) is 9.59 Å². The molecule has 2 heterocycles. The quantitative estimate of drug-likeness (QED) is 0.781. The molecule has 2 amide bonds. The molecule has 108 valence electrons. The standard InChI is InChI=1S/C15H26N2O2/c1-2-3-8-17-12-13(11-14(17)18)15(19)16-9-6-4-5-7-10-16/h13H,2-12H2,1H3. The smallest absolute Gasteiger partial charge is 0.227 e. The Hall–Kier alpha value is -1.06. The zero-order chi connectivity index (χ0) is 13.7. The Kier molecular flexibility index (Phi) is 5.23. The molecule has 0 aromatic rings. The van der Waals surface area contributed by atoms with Crippen LogP contribution in [0.25, 0.3) is 0 Å². The average Bonchev–Trinajstić information content (AvgIpc) is 2.64. The molecule has 2 fully saturated rings. The number of rotatable bonds is 4. The van der Waals surface area contributed by atoms with E-state index in [1.54, 1.807) is 0 Å². The molecule has 19 heavy (non-hydrogen) atoms. The van der Waals surface area contributed by atoms with Gasteiger partial charge in [0.05, 0.1) is 5.92 Å². The molecular formula is C15H26N2O2. The number of hydrogen-bond acceptors (Lipinski definition) is 2. The summed E-state index contributed by atoms with van der Waals surface area (Å²) in [5, 5.41) is 0. The minimum Gasteiger partial charge on any atom is -0.342 e. The van der Waals surface area contributed by atoms with Crippen molar-refractivity contribution < 1.29 is 9.59 Å². The van der Waals surface area contributed by atoms with Crippen molar-refractivity contribution in [3.63, 3.8) is 0 Å². The van der Waals surface area contributed by atoms with Gasteiger partial charge in [-0.05, 0) is 19.3 Å². The summed E-state index contributed by atoms with van der Waals surface area (Å²) in [5.74, 6) is 0.304. The van der Waals surface area contributed by atoms with E-state index >= 15 is 0 Å². The highest BCUT2D eigenvalue weighted by Gasteiger charge is 2.36. The Bertz CT molecular complexity index is 322. The van der Waals surface area contributed by atoms with Crippen LogP contribution in [0.1, 0.15) is 51.9 Å². The van der Waals surface area contributed by atoms with Gasteiger partial charge >= 0.3 is 0 Å². The van der Waals surface area contributed by atoms with E-state index in [2.05, 4.69) is 6.92 Å². The molecule has 2 aliphatic rings. The predicted molar refractivity (Wildman–Crippen MR) is 74.6 cm³/mol. The number of carbonyl (C=O) groups is 2. The van der Waals surface area contributed by atoms with Crippen molar-refractivity contribution in [1.82, 2.24) is 9.80 Å². The summed E-state index contributed by atoms with van der Waals surface area (Å²) in [7, 11) is 0. The Balaban J connectivity index is 1.87. The summed E-state index contributed by atoms with van der Waals surface area (Å²) in [6.45, 7) is 5.37. The van der Waals surface area contributed by atoms with Crippen molar-refractivity contribution in [2.24, 2.45) is 5.92 Å². The van der Waals surface area contributed by atoms with Gasteiger partial charge in [0.2, 0.25) is 11.8 Å². The summed E-state index contributed by atoms with van der Waals surface area (Å²) in [4.78, 5) is 28.2. The van der Waals surface area contributed by atoms with E-state index in [9.17, 15) is 9.59 Å². The van der Waals surface area contributed by atoms with E-state index in [0.717, 1.165) is 45.3 Å². The van der Waals surface area contributed by atoms with E-state index in [1.807, 2.05) is 9.80 Å². The molecule has 0 aromatic heterocycles. The van der Waals surface area contributed by atoms with E-state index in [4.69, 9.17) is 0 Å². The largest absolute Gasteiger partial charge is 0.342 e. The van der Waals surface area contributed by atoms with Gasteiger partial charge < -0.3 is 9.80 Å². The van der Waals surface area contributed by atoms with Crippen LogP contribution in [0.2, 0.25) is 0 Å². The van der Waals surface area contributed by atoms with Crippen molar-refractivity contribution in [3.05, 3.63) is 0 Å². The van der Waals surface area contributed by atoms with Gasteiger partial charge in [-0.25, -0.2) is 0 Å². The summed E-state index contributed by atoms with van der Waals surface area (Å²) in [5.41, 5.74) is 0. The van der Waals surface area contributed by atoms with Crippen LogP contribution < -0.4 is 0 Å². The molecule has 1 atom stereocenters. The normalized spacial score (nSPS) is 24.7. The van der Waals surface area contributed by atoms with Crippen LogP contribution in [0.4, 0.5) is 0 Å². The minimum absolute atomic E-state index is 0.0811. The molecule has 4 heteroatoms. The maximum atomic E-state index is 12.5. The first-order chi connectivity index (χ1) is 9.22. The van der Waals surface area contributed by atoms with Crippen LogP contribution in [-0.2, 0) is 9.59 Å². The minimum atomic E-state index is -0.0811. The molecule has 0 N–H and O–H groups in total. The van der Waals surface area contributed by atoms with Gasteiger partial charge in [0.15, 0.2) is 0 Å². The van der Waals surface area contributed by atoms with Crippen LogP contribution in [-0.4, -0.2) is 47.8 Å². The first-order valence-corrected chi connectivity index (χ1v) is 7.79. The number of hydrogen-bond donors (Lipinski definition) is 0. The molecule has 0 radical (unpaired) electrons. The molecule has 2 aliphatic heterocycles. The summed E-state index contributed by atoms with van der Waals surface area (Å²) < 4.78 is 0. The Morgan fingerprint density at radius 3 is 2.53 bits per heavy atom. The third kappa shape index (κ3) is 3.71. The van der Waals surface area contributed by atoms with Crippen molar-refractivity contribution in [1.29, 1.82) is 0 Å². The van der Waals surface area contributed by atoms with Crippen molar-refractivity contribution >= 4 is 11.8 Å². The van der Waals surface area contributed by atoms with Crippen LogP contribution >= 0.6 is 0 Å². The monoisotopic (exact) mass is 266 g/mol. The number of nitrogens with zero attached hydrogens (tertiary/aromatic N) is 2. The first-order valence-electron chi connectivity index (χ1n) is 7.79. The molecule has 0 saturated carbocycles. The highest BCUT2D eigenvalue weighted by Crippen LogP contribution is 2.22. The van der Waals surface area contributed by atoms with E-state index in [1.165, 1.54) is 12.8 Å². The molecule has 2 rings (SSSR count). The lowest BCUT2D eigenvalue weighted by Crippen LogP contribution is -2.38. The van der Waals surface area contributed by atoms with E-state index in [-0.39, 0.29) is 17.7 Å². The molecule has 0 aliphatic carbocycles. The lowest BCUT2D eigenvalue weighted by molar-refractivity contribution is -0.135. The molecule has 0 aromatic carbocycles. The van der Waals surface area contributed by atoms with E-state index < -0.39 is 0 Å². The molecule has 2 saturated heterocycles. The molecule has 0 bridgehead atoms. The summed E-state index contributed by atoms with van der Waals surface area (Å²) in [6, 6.07) is 0. The second-order valence-electron chi connectivity index (χ2n) is 5.83. The second kappa shape index (κ2) is 6.92. The lowest BCUT2D eigenvalue weighted by Gasteiger charge is -2.23. The highest BCUT2D eigenvalue weighted by atomic mass is 16.2.